The number of rotatable bonds is 1. The van der Waals surface area contributed by atoms with E-state index >= 15 is 0 Å². The Bertz CT molecular complexity index is 597. The lowest BCUT2D eigenvalue weighted by Gasteiger charge is -2.08. The lowest BCUT2D eigenvalue weighted by atomic mass is 10.0. The van der Waals surface area contributed by atoms with Gasteiger partial charge in [-0.05, 0) is 24.3 Å². The predicted molar refractivity (Wildman–Crippen MR) is 66.6 cm³/mol. The summed E-state index contributed by atoms with van der Waals surface area (Å²) in [6.07, 6.45) is 0. The molecule has 0 fully saturated rings. The van der Waals surface area contributed by atoms with Gasteiger partial charge in [0.2, 0.25) is 0 Å². The van der Waals surface area contributed by atoms with Crippen molar-refractivity contribution in [1.82, 2.24) is 0 Å². The van der Waals surface area contributed by atoms with Gasteiger partial charge in [0.15, 0.2) is 0 Å². The van der Waals surface area contributed by atoms with Crippen LogP contribution in [0.1, 0.15) is 5.56 Å². The van der Waals surface area contributed by atoms with Crippen LogP contribution in [0, 0.1) is 17.1 Å². The van der Waals surface area contributed by atoms with Gasteiger partial charge in [-0.3, -0.25) is 0 Å². The zero-order chi connectivity index (χ0) is 12.4. The first-order valence-electron chi connectivity index (χ1n) is 4.77. The second-order valence-electron chi connectivity index (χ2n) is 3.40. The molecule has 0 aromatic heterocycles. The van der Waals surface area contributed by atoms with Crippen molar-refractivity contribution in [1.29, 1.82) is 5.26 Å². The van der Waals surface area contributed by atoms with Gasteiger partial charge in [-0.15, -0.1) is 0 Å². The summed E-state index contributed by atoms with van der Waals surface area (Å²) in [5.74, 6) is -0.515. The quantitative estimate of drug-likeness (QED) is 0.735. The van der Waals surface area contributed by atoms with Gasteiger partial charge in [0.1, 0.15) is 5.82 Å². The first-order chi connectivity index (χ1) is 8.13. The largest absolute Gasteiger partial charge is 0.206 e. The van der Waals surface area contributed by atoms with Gasteiger partial charge >= 0.3 is 0 Å². The Kier molecular flexibility index (Phi) is 3.33. The van der Waals surface area contributed by atoms with Crippen LogP contribution in [-0.4, -0.2) is 0 Å². The molecule has 0 N–H and O–H groups in total. The molecule has 0 heterocycles. The molecule has 0 aliphatic heterocycles. The van der Waals surface area contributed by atoms with Gasteiger partial charge in [0.25, 0.3) is 0 Å². The van der Waals surface area contributed by atoms with Crippen molar-refractivity contribution in [3.63, 3.8) is 0 Å². The second kappa shape index (κ2) is 4.75. The highest BCUT2D eigenvalue weighted by Gasteiger charge is 2.12. The molecule has 17 heavy (non-hydrogen) atoms. The minimum Gasteiger partial charge on any atom is -0.206 e. The van der Waals surface area contributed by atoms with E-state index in [2.05, 4.69) is 0 Å². The zero-order valence-corrected chi connectivity index (χ0v) is 10.1. The van der Waals surface area contributed by atoms with E-state index in [0.717, 1.165) is 6.07 Å². The molecule has 84 valence electrons. The molecule has 0 amide bonds. The Labute approximate surface area is 108 Å². The molecule has 0 saturated heterocycles. The minimum atomic E-state index is -0.515. The summed E-state index contributed by atoms with van der Waals surface area (Å²) in [7, 11) is 0. The predicted octanol–water partition coefficient (Wildman–Crippen LogP) is 4.67. The number of benzene rings is 2. The normalized spacial score (nSPS) is 10.0. The van der Waals surface area contributed by atoms with Crippen LogP contribution < -0.4 is 0 Å². The molecule has 0 radical (unpaired) electrons. The van der Waals surface area contributed by atoms with Crippen LogP contribution in [0.5, 0.6) is 0 Å². The third-order valence-corrected chi connectivity index (χ3v) is 2.96. The van der Waals surface area contributed by atoms with Crippen molar-refractivity contribution >= 4 is 23.2 Å². The molecule has 0 saturated carbocycles. The number of halogens is 3. The van der Waals surface area contributed by atoms with Crippen molar-refractivity contribution < 1.29 is 4.39 Å². The van der Waals surface area contributed by atoms with Crippen molar-refractivity contribution in [2.24, 2.45) is 0 Å². The van der Waals surface area contributed by atoms with Crippen LogP contribution in [0.4, 0.5) is 4.39 Å². The van der Waals surface area contributed by atoms with E-state index < -0.39 is 5.82 Å². The molecule has 4 heteroatoms. The first-order valence-corrected chi connectivity index (χ1v) is 5.53. The summed E-state index contributed by atoms with van der Waals surface area (Å²) in [5, 5.41) is 9.42. The van der Waals surface area contributed by atoms with Crippen LogP contribution in [-0.2, 0) is 0 Å². The van der Waals surface area contributed by atoms with Crippen LogP contribution in [0.15, 0.2) is 36.4 Å². The van der Waals surface area contributed by atoms with E-state index in [1.807, 2.05) is 6.07 Å². The lowest BCUT2D eigenvalue weighted by Crippen LogP contribution is -1.88. The Morgan fingerprint density at radius 3 is 2.24 bits per heavy atom. The number of nitrogens with zero attached hydrogens (tertiary/aromatic N) is 1. The maximum atomic E-state index is 13.8. The summed E-state index contributed by atoms with van der Waals surface area (Å²) >= 11 is 12.0. The fourth-order valence-corrected chi connectivity index (χ4v) is 2.14. The second-order valence-corrected chi connectivity index (χ2v) is 4.22. The van der Waals surface area contributed by atoms with Crippen LogP contribution in [0.3, 0.4) is 0 Å². The van der Waals surface area contributed by atoms with Gasteiger partial charge in [0, 0.05) is 21.2 Å². The maximum Gasteiger partial charge on any atom is 0.132 e. The zero-order valence-electron chi connectivity index (χ0n) is 8.55. The molecule has 2 aromatic rings. The molecule has 2 aromatic carbocycles. The summed E-state index contributed by atoms with van der Waals surface area (Å²) in [6.45, 7) is 0. The molecule has 0 unspecified atom stereocenters. The minimum absolute atomic E-state index is 0.259. The Balaban J connectivity index is 2.66. The van der Waals surface area contributed by atoms with Crippen molar-refractivity contribution in [2.45, 2.75) is 0 Å². The summed E-state index contributed by atoms with van der Waals surface area (Å²) in [6, 6.07) is 11.0. The summed E-state index contributed by atoms with van der Waals surface area (Å²) in [5.41, 5.74) is 0.992. The third-order valence-electron chi connectivity index (χ3n) is 2.33. The van der Waals surface area contributed by atoms with Crippen LogP contribution in [0.25, 0.3) is 11.1 Å². The number of hydrogen-bond acceptors (Lipinski definition) is 1. The molecule has 0 spiro atoms. The van der Waals surface area contributed by atoms with Crippen molar-refractivity contribution in [3.8, 4) is 17.2 Å². The highest BCUT2D eigenvalue weighted by Crippen LogP contribution is 2.36. The fourth-order valence-electron chi connectivity index (χ4n) is 1.54. The van der Waals surface area contributed by atoms with Gasteiger partial charge in [-0.1, -0.05) is 35.3 Å². The number of nitriles is 1. The van der Waals surface area contributed by atoms with E-state index in [0.29, 0.717) is 21.2 Å². The topological polar surface area (TPSA) is 23.8 Å². The molecular formula is C13H6Cl2FN. The van der Waals surface area contributed by atoms with E-state index in [4.69, 9.17) is 28.5 Å². The Morgan fingerprint density at radius 2 is 1.71 bits per heavy atom. The lowest BCUT2D eigenvalue weighted by molar-refractivity contribution is 0.631. The fraction of sp³-hybridized carbons (Fsp3) is 0. The molecule has 0 aliphatic carbocycles. The van der Waals surface area contributed by atoms with Gasteiger partial charge < -0.3 is 0 Å². The van der Waals surface area contributed by atoms with E-state index in [-0.39, 0.29) is 5.56 Å². The molecule has 1 nitrogen and oxygen atoms in total. The summed E-state index contributed by atoms with van der Waals surface area (Å²) in [4.78, 5) is 0. The highest BCUT2D eigenvalue weighted by molar-refractivity contribution is 6.39. The van der Waals surface area contributed by atoms with Gasteiger partial charge in [-0.2, -0.15) is 5.26 Å². The average molecular weight is 266 g/mol. The van der Waals surface area contributed by atoms with Gasteiger partial charge in [-0.25, -0.2) is 4.39 Å². The SMILES string of the molecule is N#Cc1ccc(-c2c(Cl)cccc2Cl)c(F)c1. The maximum absolute atomic E-state index is 13.8. The average Bonchev–Trinajstić information content (AvgIpc) is 2.30. The van der Waals surface area contributed by atoms with Crippen molar-refractivity contribution in [2.75, 3.05) is 0 Å². The standard InChI is InChI=1S/C13H6Cl2FN/c14-10-2-1-3-11(15)13(10)9-5-4-8(7-17)6-12(9)16/h1-6H. The van der Waals surface area contributed by atoms with Crippen LogP contribution >= 0.6 is 23.2 Å². The Morgan fingerprint density at radius 1 is 1.06 bits per heavy atom. The van der Waals surface area contributed by atoms with E-state index in [1.165, 1.54) is 12.1 Å². The highest BCUT2D eigenvalue weighted by atomic mass is 35.5. The number of hydrogen-bond donors (Lipinski definition) is 0. The first kappa shape index (κ1) is 11.9. The summed E-state index contributed by atoms with van der Waals surface area (Å²) < 4.78 is 13.8. The Hall–Kier alpha value is -1.56. The third kappa shape index (κ3) is 2.26. The molecular weight excluding hydrogens is 260 g/mol. The van der Waals surface area contributed by atoms with E-state index in [1.54, 1.807) is 18.2 Å². The molecule has 2 rings (SSSR count). The molecule has 0 bridgehead atoms. The molecule has 0 aliphatic rings. The van der Waals surface area contributed by atoms with Gasteiger partial charge in [0.05, 0.1) is 11.6 Å². The smallest absolute Gasteiger partial charge is 0.132 e. The van der Waals surface area contributed by atoms with E-state index in [9.17, 15) is 4.39 Å². The van der Waals surface area contributed by atoms with Crippen molar-refractivity contribution in [3.05, 3.63) is 57.8 Å². The monoisotopic (exact) mass is 265 g/mol. The molecule has 0 atom stereocenters. The van der Waals surface area contributed by atoms with Crippen LogP contribution in [0.2, 0.25) is 10.0 Å².